The predicted molar refractivity (Wildman–Crippen MR) is 90.6 cm³/mol. The third-order valence-corrected chi connectivity index (χ3v) is 6.50. The fraction of sp³-hybridized carbons (Fsp3) is 0.688. The molecule has 0 radical (unpaired) electrons. The molecule has 3 rings (SSSR count). The maximum absolute atomic E-state index is 12.8. The average molecular weight is 325 g/mol. The van der Waals surface area contributed by atoms with Crippen LogP contribution in [0, 0.1) is 5.92 Å². The molecule has 0 spiro atoms. The van der Waals surface area contributed by atoms with Gasteiger partial charge in [-0.05, 0) is 42.4 Å². The Kier molecular flexibility index (Phi) is 4.92. The molecule has 1 amide bonds. The van der Waals surface area contributed by atoms with E-state index < -0.39 is 0 Å². The zero-order valence-electron chi connectivity index (χ0n) is 12.7. The number of thioether (sulfide) groups is 1. The fourth-order valence-electron chi connectivity index (χ4n) is 3.21. The molecule has 0 aromatic carbocycles. The molecule has 3 unspecified atom stereocenters. The number of nitrogens with one attached hydrogen (secondary N) is 1. The van der Waals surface area contributed by atoms with Crippen LogP contribution in [0.25, 0.3) is 0 Å². The van der Waals surface area contributed by atoms with E-state index in [1.54, 1.807) is 11.3 Å². The van der Waals surface area contributed by atoms with Gasteiger partial charge in [0.05, 0.1) is 6.04 Å². The van der Waals surface area contributed by atoms with Crippen molar-refractivity contribution in [3.63, 3.8) is 0 Å². The van der Waals surface area contributed by atoms with Gasteiger partial charge in [0, 0.05) is 16.7 Å². The summed E-state index contributed by atoms with van der Waals surface area (Å²) in [6.45, 7) is 5.27. The van der Waals surface area contributed by atoms with Crippen molar-refractivity contribution in [2.24, 2.45) is 5.92 Å². The molecule has 3 nitrogen and oxygen atoms in total. The number of thiophene rings is 1. The summed E-state index contributed by atoms with van der Waals surface area (Å²) in [5.74, 6) is 2.09. The standard InChI is InChI=1S/C16H24N2OS2/c1-11(2)9-13-16(19)18(10-12-5-3-7-20-12)15(17-13)14-6-4-8-21-14/h4,6,8,11-13,15,17H,3,5,7,9-10H2,1-2H3. The van der Waals surface area contributed by atoms with E-state index in [4.69, 9.17) is 0 Å². The Morgan fingerprint density at radius 1 is 1.48 bits per heavy atom. The van der Waals surface area contributed by atoms with Crippen molar-refractivity contribution in [1.82, 2.24) is 10.2 Å². The number of hydrogen-bond acceptors (Lipinski definition) is 4. The molecule has 2 fully saturated rings. The van der Waals surface area contributed by atoms with Gasteiger partial charge in [0.25, 0.3) is 0 Å². The molecule has 3 atom stereocenters. The van der Waals surface area contributed by atoms with Crippen LogP contribution in [0.1, 0.15) is 44.2 Å². The first-order chi connectivity index (χ1) is 10.1. The van der Waals surface area contributed by atoms with Crippen molar-refractivity contribution in [3.8, 4) is 0 Å². The van der Waals surface area contributed by atoms with Gasteiger partial charge >= 0.3 is 0 Å². The summed E-state index contributed by atoms with van der Waals surface area (Å²) in [4.78, 5) is 16.2. The Bertz CT molecular complexity index is 469. The number of amides is 1. The van der Waals surface area contributed by atoms with Gasteiger partial charge in [-0.2, -0.15) is 11.8 Å². The molecule has 1 N–H and O–H groups in total. The van der Waals surface area contributed by atoms with Gasteiger partial charge in [0.15, 0.2) is 0 Å². The quantitative estimate of drug-likeness (QED) is 0.900. The van der Waals surface area contributed by atoms with Crippen molar-refractivity contribution >= 4 is 29.0 Å². The molecular weight excluding hydrogens is 300 g/mol. The summed E-state index contributed by atoms with van der Waals surface area (Å²) >= 11 is 3.77. The van der Waals surface area contributed by atoms with E-state index in [1.165, 1.54) is 23.5 Å². The van der Waals surface area contributed by atoms with Gasteiger partial charge in [0.1, 0.15) is 6.17 Å². The smallest absolute Gasteiger partial charge is 0.241 e. The van der Waals surface area contributed by atoms with E-state index in [9.17, 15) is 4.79 Å². The van der Waals surface area contributed by atoms with E-state index in [1.807, 2.05) is 11.8 Å². The zero-order valence-corrected chi connectivity index (χ0v) is 14.4. The van der Waals surface area contributed by atoms with Crippen LogP contribution in [0.5, 0.6) is 0 Å². The highest BCUT2D eigenvalue weighted by Gasteiger charge is 2.41. The zero-order chi connectivity index (χ0) is 14.8. The molecule has 0 saturated carbocycles. The first-order valence-electron chi connectivity index (χ1n) is 7.86. The van der Waals surface area contributed by atoms with Crippen LogP contribution in [0.2, 0.25) is 0 Å². The lowest BCUT2D eigenvalue weighted by Gasteiger charge is -2.26. The normalized spacial score (nSPS) is 29.8. The summed E-state index contributed by atoms with van der Waals surface area (Å²) in [5.41, 5.74) is 0. The van der Waals surface area contributed by atoms with Gasteiger partial charge in [-0.25, -0.2) is 0 Å². The van der Waals surface area contributed by atoms with Gasteiger partial charge in [0.2, 0.25) is 5.91 Å². The lowest BCUT2D eigenvalue weighted by atomic mass is 10.0. The largest absolute Gasteiger partial charge is 0.320 e. The Morgan fingerprint density at radius 3 is 2.95 bits per heavy atom. The van der Waals surface area contributed by atoms with Crippen LogP contribution in [-0.4, -0.2) is 34.4 Å². The summed E-state index contributed by atoms with van der Waals surface area (Å²) < 4.78 is 0. The third-order valence-electron chi connectivity index (χ3n) is 4.20. The lowest BCUT2D eigenvalue weighted by molar-refractivity contribution is -0.130. The monoisotopic (exact) mass is 324 g/mol. The van der Waals surface area contributed by atoms with Gasteiger partial charge < -0.3 is 4.90 Å². The molecule has 116 valence electrons. The summed E-state index contributed by atoms with van der Waals surface area (Å²) in [5, 5.41) is 6.29. The summed E-state index contributed by atoms with van der Waals surface area (Å²) in [6, 6.07) is 4.20. The Balaban J connectivity index is 1.76. The Hall–Kier alpha value is -0.520. The van der Waals surface area contributed by atoms with Crippen LogP contribution < -0.4 is 5.32 Å². The van der Waals surface area contributed by atoms with Crippen LogP contribution >= 0.6 is 23.1 Å². The highest BCUT2D eigenvalue weighted by Crippen LogP contribution is 2.34. The number of rotatable bonds is 5. The summed E-state index contributed by atoms with van der Waals surface area (Å²) in [6.07, 6.45) is 3.56. The van der Waals surface area contributed by atoms with Crippen molar-refractivity contribution < 1.29 is 4.79 Å². The highest BCUT2D eigenvalue weighted by molar-refractivity contribution is 8.00. The number of carbonyl (C=O) groups is 1. The minimum Gasteiger partial charge on any atom is -0.320 e. The Labute approximate surface area is 135 Å². The molecule has 2 aliphatic heterocycles. The maximum Gasteiger partial charge on any atom is 0.241 e. The van der Waals surface area contributed by atoms with Crippen LogP contribution in [-0.2, 0) is 4.79 Å². The first kappa shape index (κ1) is 15.4. The minimum absolute atomic E-state index is 0.0106. The van der Waals surface area contributed by atoms with E-state index in [0.717, 1.165) is 13.0 Å². The second-order valence-corrected chi connectivity index (χ2v) is 8.78. The van der Waals surface area contributed by atoms with Crippen LogP contribution in [0.4, 0.5) is 0 Å². The van der Waals surface area contributed by atoms with Crippen LogP contribution in [0.3, 0.4) is 0 Å². The van der Waals surface area contributed by atoms with E-state index in [0.29, 0.717) is 17.1 Å². The van der Waals surface area contributed by atoms with Gasteiger partial charge in [-0.15, -0.1) is 11.3 Å². The van der Waals surface area contributed by atoms with Crippen molar-refractivity contribution in [3.05, 3.63) is 22.4 Å². The fourth-order valence-corrected chi connectivity index (χ4v) is 5.27. The predicted octanol–water partition coefficient (Wildman–Crippen LogP) is 3.49. The van der Waals surface area contributed by atoms with Crippen molar-refractivity contribution in [2.45, 2.75) is 50.6 Å². The number of carbonyl (C=O) groups excluding carboxylic acids is 1. The highest BCUT2D eigenvalue weighted by atomic mass is 32.2. The van der Waals surface area contributed by atoms with Crippen LogP contribution in [0.15, 0.2) is 17.5 Å². The molecule has 0 bridgehead atoms. The SMILES string of the molecule is CC(C)CC1NC(c2cccs2)N(CC2CCCS2)C1=O. The van der Waals surface area contributed by atoms with Gasteiger partial charge in [-0.1, -0.05) is 19.9 Å². The third kappa shape index (κ3) is 3.46. The molecule has 0 aliphatic carbocycles. The lowest BCUT2D eigenvalue weighted by Crippen LogP contribution is -2.35. The average Bonchev–Trinajstić information content (AvgIpc) is 3.15. The molecule has 3 heterocycles. The molecule has 2 saturated heterocycles. The summed E-state index contributed by atoms with van der Waals surface area (Å²) in [7, 11) is 0. The second-order valence-electron chi connectivity index (χ2n) is 6.39. The first-order valence-corrected chi connectivity index (χ1v) is 9.79. The number of hydrogen-bond donors (Lipinski definition) is 1. The van der Waals surface area contributed by atoms with Crippen molar-refractivity contribution in [1.29, 1.82) is 0 Å². The molecule has 5 heteroatoms. The van der Waals surface area contributed by atoms with E-state index >= 15 is 0 Å². The minimum atomic E-state index is -0.0106. The maximum atomic E-state index is 12.8. The Morgan fingerprint density at radius 2 is 2.33 bits per heavy atom. The number of nitrogens with zero attached hydrogens (tertiary/aromatic N) is 1. The van der Waals surface area contributed by atoms with E-state index in [2.05, 4.69) is 41.6 Å². The van der Waals surface area contributed by atoms with Crippen molar-refractivity contribution in [2.75, 3.05) is 12.3 Å². The van der Waals surface area contributed by atoms with Gasteiger partial charge in [-0.3, -0.25) is 10.1 Å². The molecule has 2 aliphatic rings. The van der Waals surface area contributed by atoms with E-state index in [-0.39, 0.29) is 12.2 Å². The molecular formula is C16H24N2OS2. The second kappa shape index (κ2) is 6.71. The molecule has 1 aromatic rings. The molecule has 1 aromatic heterocycles. The molecule has 21 heavy (non-hydrogen) atoms. The topological polar surface area (TPSA) is 32.3 Å².